The van der Waals surface area contributed by atoms with Gasteiger partial charge in [0, 0.05) is 32.7 Å². The van der Waals surface area contributed by atoms with Crippen LogP contribution in [0, 0.1) is 20.2 Å². The first-order valence-corrected chi connectivity index (χ1v) is 9.41. The van der Waals surface area contributed by atoms with E-state index in [9.17, 15) is 30.1 Å². The van der Waals surface area contributed by atoms with Crippen molar-refractivity contribution in [2.45, 2.75) is 13.0 Å². The van der Waals surface area contributed by atoms with Crippen LogP contribution in [0.25, 0.3) is 0 Å². The van der Waals surface area contributed by atoms with Crippen LogP contribution in [-0.4, -0.2) is 54.3 Å². The van der Waals surface area contributed by atoms with E-state index in [0.717, 1.165) is 18.2 Å². The molecule has 0 radical (unpaired) electrons. The van der Waals surface area contributed by atoms with E-state index >= 15 is 0 Å². The van der Waals surface area contributed by atoms with Crippen molar-refractivity contribution in [2.75, 3.05) is 38.0 Å². The molecule has 3 N–H and O–H groups in total. The number of aliphatic hydroxyl groups is 1. The lowest BCUT2D eigenvalue weighted by Crippen LogP contribution is -2.24. The predicted molar refractivity (Wildman–Crippen MR) is 118 cm³/mol. The highest BCUT2D eigenvalue weighted by Gasteiger charge is 2.20. The van der Waals surface area contributed by atoms with Gasteiger partial charge in [-0.2, -0.15) is 0 Å². The zero-order valence-electron chi connectivity index (χ0n) is 18.0. The molecule has 0 aromatic heterocycles. The van der Waals surface area contributed by atoms with Crippen molar-refractivity contribution in [3.8, 4) is 5.75 Å². The van der Waals surface area contributed by atoms with Crippen molar-refractivity contribution in [1.29, 1.82) is 0 Å². The normalized spacial score (nSPS) is 11.8. The number of non-ortho nitro benzene ring substituents is 1. The summed E-state index contributed by atoms with van der Waals surface area (Å²) in [4.78, 5) is 32.3. The van der Waals surface area contributed by atoms with Gasteiger partial charge in [0.2, 0.25) is 5.91 Å². The minimum atomic E-state index is -0.811. The molecule has 14 heteroatoms. The number of benzene rings is 2. The average molecular weight is 462 g/mol. The summed E-state index contributed by atoms with van der Waals surface area (Å²) in [7, 11) is 2.85. The van der Waals surface area contributed by atoms with E-state index < -0.39 is 33.2 Å². The van der Waals surface area contributed by atoms with Crippen molar-refractivity contribution < 1.29 is 29.2 Å². The Balaban J connectivity index is 2.46. The smallest absolute Gasteiger partial charge is 0.303 e. The van der Waals surface area contributed by atoms with Crippen LogP contribution in [0.1, 0.15) is 6.92 Å². The number of hydrogen-bond acceptors (Lipinski definition) is 11. The van der Waals surface area contributed by atoms with Gasteiger partial charge in [-0.15, -0.1) is 10.2 Å². The van der Waals surface area contributed by atoms with Gasteiger partial charge in [-0.1, -0.05) is 0 Å². The molecule has 2 rings (SSSR count). The number of methoxy groups -OCH3 is 2. The number of hydrogen-bond donors (Lipinski definition) is 3. The van der Waals surface area contributed by atoms with Crippen molar-refractivity contribution in [3.63, 3.8) is 0 Å². The Morgan fingerprint density at radius 2 is 1.79 bits per heavy atom. The summed E-state index contributed by atoms with van der Waals surface area (Å²) in [5, 5.41) is 45.4. The van der Waals surface area contributed by atoms with E-state index in [1.54, 1.807) is 0 Å². The second-order valence-corrected chi connectivity index (χ2v) is 6.63. The van der Waals surface area contributed by atoms with E-state index in [-0.39, 0.29) is 30.2 Å². The van der Waals surface area contributed by atoms with Gasteiger partial charge in [-0.25, -0.2) is 0 Å². The maximum atomic E-state index is 11.7. The number of anilines is 2. The maximum absolute atomic E-state index is 11.7. The first-order chi connectivity index (χ1) is 15.7. The van der Waals surface area contributed by atoms with Gasteiger partial charge in [-0.05, 0) is 12.1 Å². The lowest BCUT2D eigenvalue weighted by Gasteiger charge is -2.17. The highest BCUT2D eigenvalue weighted by Crippen LogP contribution is 2.39. The number of carbonyl (C=O) groups excluding carboxylic acids is 1. The summed E-state index contributed by atoms with van der Waals surface area (Å²) in [6.45, 7) is 1.51. The Morgan fingerprint density at radius 1 is 1.09 bits per heavy atom. The Hall–Kier alpha value is -4.17. The molecule has 0 aliphatic rings. The van der Waals surface area contributed by atoms with Gasteiger partial charge in [0.15, 0.2) is 5.69 Å². The molecule has 2 aromatic rings. The third-order valence-electron chi connectivity index (χ3n) is 4.15. The highest BCUT2D eigenvalue weighted by molar-refractivity contribution is 5.93. The van der Waals surface area contributed by atoms with Crippen LogP contribution in [-0.2, 0) is 9.53 Å². The fourth-order valence-corrected chi connectivity index (χ4v) is 2.69. The third-order valence-corrected chi connectivity index (χ3v) is 4.15. The number of aliphatic hydroxyl groups excluding tert-OH is 1. The second-order valence-electron chi connectivity index (χ2n) is 6.63. The molecule has 0 bridgehead atoms. The Morgan fingerprint density at radius 3 is 2.36 bits per heavy atom. The number of nitro benzene ring substituents is 2. The molecule has 1 amide bonds. The van der Waals surface area contributed by atoms with Gasteiger partial charge in [0.25, 0.3) is 5.69 Å². The summed E-state index contributed by atoms with van der Waals surface area (Å²) < 4.78 is 10.2. The maximum Gasteiger partial charge on any atom is 0.303 e. The summed E-state index contributed by atoms with van der Waals surface area (Å²) in [5.74, 6) is -0.121. The van der Waals surface area contributed by atoms with Gasteiger partial charge in [0.1, 0.15) is 11.4 Å². The van der Waals surface area contributed by atoms with Crippen molar-refractivity contribution in [2.24, 2.45) is 10.2 Å². The molecule has 0 spiro atoms. The largest absolute Gasteiger partial charge is 0.495 e. The van der Waals surface area contributed by atoms with E-state index in [2.05, 4.69) is 20.9 Å². The number of nitro groups is 2. The Kier molecular flexibility index (Phi) is 8.71. The van der Waals surface area contributed by atoms with Crippen LogP contribution < -0.4 is 15.4 Å². The zero-order chi connectivity index (χ0) is 24.5. The minimum absolute atomic E-state index is 0.105. The van der Waals surface area contributed by atoms with Crippen LogP contribution in [0.3, 0.4) is 0 Å². The Labute approximate surface area is 187 Å². The molecular weight excluding hydrogens is 440 g/mol. The number of nitrogens with one attached hydrogen (secondary N) is 2. The molecule has 0 unspecified atom stereocenters. The van der Waals surface area contributed by atoms with Crippen LogP contribution in [0.15, 0.2) is 40.6 Å². The fraction of sp³-hybridized carbons (Fsp3) is 0.316. The molecule has 0 aliphatic carbocycles. The lowest BCUT2D eigenvalue weighted by molar-refractivity contribution is -0.393. The SMILES string of the molecule is COC[C@@H](O)CNc1cc(NC(C)=O)c(N=Nc2ccc([N+](=O)[O-])cc2[N+](=O)[O-])cc1OC. The van der Waals surface area contributed by atoms with Gasteiger partial charge in [0.05, 0.1) is 47.1 Å². The van der Waals surface area contributed by atoms with Crippen LogP contribution in [0.5, 0.6) is 5.75 Å². The number of ether oxygens (including phenoxy) is 2. The van der Waals surface area contributed by atoms with Crippen LogP contribution in [0.2, 0.25) is 0 Å². The monoisotopic (exact) mass is 462 g/mol. The molecule has 0 aliphatic heterocycles. The molecule has 0 heterocycles. The zero-order valence-corrected chi connectivity index (χ0v) is 18.0. The molecule has 0 fully saturated rings. The molecule has 176 valence electrons. The van der Waals surface area contributed by atoms with Gasteiger partial charge in [-0.3, -0.25) is 25.0 Å². The second kappa shape index (κ2) is 11.4. The van der Waals surface area contributed by atoms with Crippen molar-refractivity contribution >= 4 is 40.0 Å². The molecule has 14 nitrogen and oxygen atoms in total. The standard InChI is InChI=1S/C19H22N6O8/c1-11(26)21-15-7-17(20-9-13(27)10-32-2)19(33-3)8-16(15)23-22-14-5-4-12(24(28)29)6-18(14)25(30)31/h4-8,13,20,27H,9-10H2,1-3H3,(H,21,26)/t13-/m0/s1. The summed E-state index contributed by atoms with van der Waals surface area (Å²) in [6.07, 6.45) is -0.800. The predicted octanol–water partition coefficient (Wildman–Crippen LogP) is 3.30. The summed E-state index contributed by atoms with van der Waals surface area (Å²) in [6, 6.07) is 5.87. The van der Waals surface area contributed by atoms with Crippen LogP contribution in [0.4, 0.5) is 34.1 Å². The number of carbonyl (C=O) groups is 1. The number of rotatable bonds is 11. The van der Waals surface area contributed by atoms with E-state index in [1.807, 2.05) is 0 Å². The van der Waals surface area contributed by atoms with E-state index in [4.69, 9.17) is 9.47 Å². The third kappa shape index (κ3) is 6.91. The van der Waals surface area contributed by atoms with E-state index in [1.165, 1.54) is 33.3 Å². The molecule has 1 atom stereocenters. The van der Waals surface area contributed by atoms with E-state index in [0.29, 0.717) is 11.4 Å². The number of nitrogens with zero attached hydrogens (tertiary/aromatic N) is 4. The van der Waals surface area contributed by atoms with Gasteiger partial charge < -0.3 is 25.2 Å². The molecular formula is C19H22N6O8. The molecule has 0 saturated carbocycles. The fourth-order valence-electron chi connectivity index (χ4n) is 2.69. The van der Waals surface area contributed by atoms with Crippen molar-refractivity contribution in [1.82, 2.24) is 0 Å². The lowest BCUT2D eigenvalue weighted by atomic mass is 10.2. The Bertz CT molecular complexity index is 1070. The molecule has 33 heavy (non-hydrogen) atoms. The minimum Gasteiger partial charge on any atom is -0.495 e. The number of amides is 1. The first kappa shape index (κ1) is 25.1. The van der Waals surface area contributed by atoms with Crippen LogP contribution >= 0.6 is 0 Å². The van der Waals surface area contributed by atoms with Crippen molar-refractivity contribution in [3.05, 3.63) is 50.6 Å². The number of azo groups is 1. The first-order valence-electron chi connectivity index (χ1n) is 9.41. The molecule has 0 saturated heterocycles. The average Bonchev–Trinajstić information content (AvgIpc) is 2.76. The van der Waals surface area contributed by atoms with Gasteiger partial charge >= 0.3 is 5.69 Å². The highest BCUT2D eigenvalue weighted by atomic mass is 16.6. The molecule has 2 aromatic carbocycles. The topological polar surface area (TPSA) is 191 Å². The summed E-state index contributed by atoms with van der Waals surface area (Å²) >= 11 is 0. The quantitative estimate of drug-likeness (QED) is 0.255. The summed E-state index contributed by atoms with van der Waals surface area (Å²) in [5.41, 5.74) is -0.545.